The molecule has 0 atom stereocenters. The van der Waals surface area contributed by atoms with E-state index >= 15 is 0 Å². The van der Waals surface area contributed by atoms with Gasteiger partial charge in [-0.15, -0.1) is 0 Å². The maximum Gasteiger partial charge on any atom is 0.263 e. The lowest BCUT2D eigenvalue weighted by Crippen LogP contribution is -2.49. The second kappa shape index (κ2) is 9.41. The molecule has 7 nitrogen and oxygen atoms in total. The molecule has 3 heterocycles. The highest BCUT2D eigenvalue weighted by Crippen LogP contribution is 2.35. The standard InChI is InChI=1S/C27H31N5O2/c1-4-7-22-28-26(32-14-12-31(13-15-32)23(33)16-18(2)3)24-25(30-34-27(24)29-22)21-11-10-19-8-5-6-9-20(19)17-21/h5-6,8-11,17-18H,4,7,12-16H2,1-3H3. The van der Waals surface area contributed by atoms with Crippen molar-refractivity contribution in [2.75, 3.05) is 31.1 Å². The molecule has 1 aliphatic rings. The van der Waals surface area contributed by atoms with Crippen molar-refractivity contribution in [1.82, 2.24) is 20.0 Å². The average Bonchev–Trinajstić information content (AvgIpc) is 3.27. The summed E-state index contributed by atoms with van der Waals surface area (Å²) >= 11 is 0. The largest absolute Gasteiger partial charge is 0.352 e. The first-order chi connectivity index (χ1) is 16.5. The third-order valence-electron chi connectivity index (χ3n) is 6.37. The maximum absolute atomic E-state index is 12.6. The Kier molecular flexibility index (Phi) is 6.18. The lowest BCUT2D eigenvalue weighted by Gasteiger charge is -2.36. The minimum Gasteiger partial charge on any atom is -0.352 e. The second-order valence-corrected chi connectivity index (χ2v) is 9.45. The first-order valence-corrected chi connectivity index (χ1v) is 12.2. The van der Waals surface area contributed by atoms with Gasteiger partial charge in [-0.2, -0.15) is 4.98 Å². The predicted octanol–water partition coefficient (Wildman–Crippen LogP) is 5.09. The van der Waals surface area contributed by atoms with Crippen LogP contribution < -0.4 is 4.90 Å². The van der Waals surface area contributed by atoms with Crippen LogP contribution in [0.15, 0.2) is 47.0 Å². The maximum atomic E-state index is 12.6. The van der Waals surface area contributed by atoms with Crippen molar-refractivity contribution in [3.05, 3.63) is 48.3 Å². The number of rotatable bonds is 6. The summed E-state index contributed by atoms with van der Waals surface area (Å²) < 4.78 is 5.74. The van der Waals surface area contributed by atoms with Crippen molar-refractivity contribution >= 4 is 33.6 Å². The molecular weight excluding hydrogens is 426 g/mol. The molecule has 0 N–H and O–H groups in total. The molecule has 7 heteroatoms. The first-order valence-electron chi connectivity index (χ1n) is 12.2. The zero-order valence-electron chi connectivity index (χ0n) is 20.1. The van der Waals surface area contributed by atoms with E-state index in [1.807, 2.05) is 17.0 Å². The van der Waals surface area contributed by atoms with Crippen LogP contribution in [0.5, 0.6) is 0 Å². The zero-order chi connectivity index (χ0) is 23.7. The number of fused-ring (bicyclic) bond motifs is 2. The predicted molar refractivity (Wildman–Crippen MR) is 135 cm³/mol. The molecule has 2 aromatic carbocycles. The van der Waals surface area contributed by atoms with Crippen molar-refractivity contribution in [2.24, 2.45) is 5.92 Å². The van der Waals surface area contributed by atoms with Gasteiger partial charge >= 0.3 is 0 Å². The summed E-state index contributed by atoms with van der Waals surface area (Å²) in [6, 6.07) is 14.6. The van der Waals surface area contributed by atoms with E-state index in [9.17, 15) is 4.79 Å². The van der Waals surface area contributed by atoms with Gasteiger partial charge in [0.15, 0.2) is 0 Å². The summed E-state index contributed by atoms with van der Waals surface area (Å²) in [6.45, 7) is 9.12. The molecule has 1 aliphatic heterocycles. The van der Waals surface area contributed by atoms with Gasteiger partial charge in [0.25, 0.3) is 5.71 Å². The van der Waals surface area contributed by atoms with Crippen LogP contribution in [0.25, 0.3) is 33.1 Å². The van der Waals surface area contributed by atoms with E-state index in [0.29, 0.717) is 31.1 Å². The van der Waals surface area contributed by atoms with Gasteiger partial charge in [-0.1, -0.05) is 62.3 Å². The number of aryl methyl sites for hydroxylation is 1. The number of benzene rings is 2. The number of amides is 1. The van der Waals surface area contributed by atoms with E-state index < -0.39 is 0 Å². The molecular formula is C27H31N5O2. The number of carbonyl (C=O) groups excluding carboxylic acids is 1. The molecule has 0 aliphatic carbocycles. The fraction of sp³-hybridized carbons (Fsp3) is 0.407. The molecule has 0 unspecified atom stereocenters. The van der Waals surface area contributed by atoms with Crippen molar-refractivity contribution in [1.29, 1.82) is 0 Å². The molecule has 0 bridgehead atoms. The molecule has 0 saturated carbocycles. The third kappa shape index (κ3) is 4.34. The van der Waals surface area contributed by atoms with Gasteiger partial charge in [0, 0.05) is 44.6 Å². The molecule has 1 fully saturated rings. The van der Waals surface area contributed by atoms with Crippen molar-refractivity contribution < 1.29 is 9.32 Å². The highest BCUT2D eigenvalue weighted by atomic mass is 16.5. The number of anilines is 1. The van der Waals surface area contributed by atoms with Gasteiger partial charge in [0.1, 0.15) is 22.7 Å². The molecule has 176 valence electrons. The quantitative estimate of drug-likeness (QED) is 0.402. The number of piperazine rings is 1. The lowest BCUT2D eigenvalue weighted by molar-refractivity contribution is -0.132. The normalized spacial score (nSPS) is 14.5. The summed E-state index contributed by atoms with van der Waals surface area (Å²) in [5.41, 5.74) is 2.27. The van der Waals surface area contributed by atoms with Crippen LogP contribution in [-0.2, 0) is 11.2 Å². The van der Waals surface area contributed by atoms with Crippen LogP contribution in [-0.4, -0.2) is 52.1 Å². The topological polar surface area (TPSA) is 75.4 Å². The second-order valence-electron chi connectivity index (χ2n) is 9.45. The zero-order valence-corrected chi connectivity index (χ0v) is 20.1. The number of nitrogens with zero attached hydrogens (tertiary/aromatic N) is 5. The minimum atomic E-state index is 0.232. The van der Waals surface area contributed by atoms with E-state index in [2.05, 4.69) is 66.1 Å². The van der Waals surface area contributed by atoms with Gasteiger partial charge < -0.3 is 14.3 Å². The van der Waals surface area contributed by atoms with Crippen LogP contribution in [0.2, 0.25) is 0 Å². The van der Waals surface area contributed by atoms with Crippen LogP contribution >= 0.6 is 0 Å². The van der Waals surface area contributed by atoms with Crippen LogP contribution in [0.1, 0.15) is 39.4 Å². The number of hydrogen-bond acceptors (Lipinski definition) is 6. The Morgan fingerprint density at radius 1 is 1.03 bits per heavy atom. The van der Waals surface area contributed by atoms with Gasteiger partial charge in [-0.25, -0.2) is 4.98 Å². The number of hydrogen-bond donors (Lipinski definition) is 0. The summed E-state index contributed by atoms with van der Waals surface area (Å²) in [4.78, 5) is 26.4. The van der Waals surface area contributed by atoms with E-state index in [1.165, 1.54) is 5.39 Å². The molecule has 0 spiro atoms. The monoisotopic (exact) mass is 457 g/mol. The fourth-order valence-electron chi connectivity index (χ4n) is 4.62. The van der Waals surface area contributed by atoms with Crippen molar-refractivity contribution in [2.45, 2.75) is 40.0 Å². The Bertz CT molecular complexity index is 1320. The van der Waals surface area contributed by atoms with E-state index in [1.54, 1.807) is 0 Å². The summed E-state index contributed by atoms with van der Waals surface area (Å²) in [5.74, 6) is 2.22. The molecule has 1 amide bonds. The smallest absolute Gasteiger partial charge is 0.263 e. The molecule has 2 aromatic heterocycles. The highest BCUT2D eigenvalue weighted by Gasteiger charge is 2.27. The summed E-state index contributed by atoms with van der Waals surface area (Å²) in [7, 11) is 0. The highest BCUT2D eigenvalue weighted by molar-refractivity contribution is 6.00. The Morgan fingerprint density at radius 2 is 1.79 bits per heavy atom. The Hall–Kier alpha value is -3.48. The van der Waals surface area contributed by atoms with Gasteiger partial charge in [0.05, 0.1) is 0 Å². The van der Waals surface area contributed by atoms with Crippen LogP contribution in [0.3, 0.4) is 0 Å². The summed E-state index contributed by atoms with van der Waals surface area (Å²) in [6.07, 6.45) is 2.33. The third-order valence-corrected chi connectivity index (χ3v) is 6.37. The number of aromatic nitrogens is 3. The minimum absolute atomic E-state index is 0.232. The van der Waals surface area contributed by atoms with Crippen molar-refractivity contribution in [3.63, 3.8) is 0 Å². The van der Waals surface area contributed by atoms with Gasteiger partial charge in [0.2, 0.25) is 5.91 Å². The molecule has 5 rings (SSSR count). The lowest BCUT2D eigenvalue weighted by atomic mass is 10.0. The first kappa shape index (κ1) is 22.3. The molecule has 1 saturated heterocycles. The van der Waals surface area contributed by atoms with Crippen molar-refractivity contribution in [3.8, 4) is 11.3 Å². The Balaban J connectivity index is 1.52. The SMILES string of the molecule is CCCc1nc(N2CCN(C(=O)CC(C)C)CC2)c2c(-c3ccc4ccccc4c3)noc2n1. The molecule has 4 aromatic rings. The van der Waals surface area contributed by atoms with E-state index in [4.69, 9.17) is 9.51 Å². The van der Waals surface area contributed by atoms with Crippen LogP contribution in [0, 0.1) is 5.92 Å². The number of carbonyl (C=O) groups is 1. The van der Waals surface area contributed by atoms with E-state index in [0.717, 1.165) is 59.6 Å². The van der Waals surface area contributed by atoms with Crippen LogP contribution in [0.4, 0.5) is 5.82 Å². The molecule has 34 heavy (non-hydrogen) atoms. The van der Waals surface area contributed by atoms with Gasteiger partial charge in [-0.3, -0.25) is 4.79 Å². The van der Waals surface area contributed by atoms with Gasteiger partial charge in [-0.05, 0) is 29.2 Å². The Labute approximate surface area is 199 Å². The average molecular weight is 458 g/mol. The Morgan fingerprint density at radius 3 is 2.53 bits per heavy atom. The fourth-order valence-corrected chi connectivity index (χ4v) is 4.62. The molecule has 0 radical (unpaired) electrons. The van der Waals surface area contributed by atoms with E-state index in [-0.39, 0.29) is 5.91 Å². The summed E-state index contributed by atoms with van der Waals surface area (Å²) in [5, 5.41) is 7.62.